The highest BCUT2D eigenvalue weighted by Crippen LogP contribution is 2.30. The molecule has 0 radical (unpaired) electrons. The standard InChI is InChI=1S/C17H17N7O2S.C2HF3O2/c1-10-2-3-13(27(25,26)23-12-4-11(5-12)7-18)6-14(10)15-8-20-17-16(19)21-9-22-24(15)17;3-2(4,5)1(6)7/h2-3,6,8-9,11-12,23H,4-5H2,1H3,(H2,19,21,22);(H,6,7)/i1D3;. The molecule has 11 nitrogen and oxygen atoms in total. The monoisotopic (exact) mass is 500 g/mol. The number of carboxylic acid groups (broad SMARTS) is 1. The minimum atomic E-state index is -5.08. The molecule has 0 bridgehead atoms. The summed E-state index contributed by atoms with van der Waals surface area (Å²) >= 11 is 0. The smallest absolute Gasteiger partial charge is 0.475 e. The maximum Gasteiger partial charge on any atom is 0.490 e. The number of nitriles is 1. The second-order valence-electron chi connectivity index (χ2n) is 7.15. The molecule has 34 heavy (non-hydrogen) atoms. The third kappa shape index (κ3) is 5.24. The fourth-order valence-corrected chi connectivity index (χ4v) is 4.32. The highest BCUT2D eigenvalue weighted by atomic mass is 32.2. The Bertz CT molecular complexity index is 1480. The molecule has 0 unspecified atom stereocenters. The summed E-state index contributed by atoms with van der Waals surface area (Å²) in [6, 6.07) is 5.57. The van der Waals surface area contributed by atoms with Gasteiger partial charge in [-0.2, -0.15) is 23.5 Å². The van der Waals surface area contributed by atoms with Crippen molar-refractivity contribution in [3.8, 4) is 17.3 Å². The van der Waals surface area contributed by atoms with Gasteiger partial charge in [-0.05, 0) is 37.4 Å². The molecule has 0 atom stereocenters. The van der Waals surface area contributed by atoms with Gasteiger partial charge < -0.3 is 10.8 Å². The number of nitrogens with one attached hydrogen (secondary N) is 1. The Balaban J connectivity index is 0.000000479. The van der Waals surface area contributed by atoms with Gasteiger partial charge in [-0.15, -0.1) is 0 Å². The first-order valence-electron chi connectivity index (χ1n) is 10.9. The van der Waals surface area contributed by atoms with Crippen LogP contribution in [0.2, 0.25) is 0 Å². The van der Waals surface area contributed by atoms with E-state index in [-0.39, 0.29) is 45.1 Å². The molecular formula is C19H18F3N7O4S. The fourth-order valence-electron chi connectivity index (χ4n) is 3.03. The van der Waals surface area contributed by atoms with E-state index in [9.17, 15) is 21.6 Å². The van der Waals surface area contributed by atoms with Crippen LogP contribution in [0.15, 0.2) is 35.6 Å². The summed E-state index contributed by atoms with van der Waals surface area (Å²) in [4.78, 5) is 16.8. The Kier molecular flexibility index (Phi) is 5.65. The molecule has 0 aliphatic heterocycles. The Morgan fingerprint density at radius 1 is 1.38 bits per heavy atom. The van der Waals surface area contributed by atoms with E-state index in [0.29, 0.717) is 12.8 Å². The van der Waals surface area contributed by atoms with Crippen molar-refractivity contribution in [2.45, 2.75) is 36.8 Å². The minimum Gasteiger partial charge on any atom is -0.475 e. The molecule has 1 saturated carbocycles. The molecule has 4 N–H and O–H groups in total. The van der Waals surface area contributed by atoms with E-state index in [0.717, 1.165) is 0 Å². The molecule has 1 aromatic carbocycles. The number of nitrogens with two attached hydrogens (primary N) is 1. The topological polar surface area (TPSA) is 176 Å². The van der Waals surface area contributed by atoms with Crippen molar-refractivity contribution in [3.05, 3.63) is 36.3 Å². The summed E-state index contributed by atoms with van der Waals surface area (Å²) in [7, 11) is -3.92. The highest BCUT2D eigenvalue weighted by Gasteiger charge is 2.38. The van der Waals surface area contributed by atoms with Crippen LogP contribution in [0.5, 0.6) is 0 Å². The Labute approximate surface area is 195 Å². The molecule has 0 amide bonds. The van der Waals surface area contributed by atoms with Crippen LogP contribution in [-0.4, -0.2) is 51.3 Å². The summed E-state index contributed by atoms with van der Waals surface area (Å²) in [5, 5.41) is 20.1. The van der Waals surface area contributed by atoms with E-state index in [1.807, 2.05) is 0 Å². The van der Waals surface area contributed by atoms with Gasteiger partial charge in [0.15, 0.2) is 11.5 Å². The van der Waals surface area contributed by atoms with Gasteiger partial charge in [0, 0.05) is 21.6 Å². The van der Waals surface area contributed by atoms with Gasteiger partial charge in [0.05, 0.1) is 22.9 Å². The van der Waals surface area contributed by atoms with Crippen LogP contribution in [0.3, 0.4) is 0 Å². The molecule has 2 heterocycles. The molecule has 0 spiro atoms. The van der Waals surface area contributed by atoms with Gasteiger partial charge >= 0.3 is 12.1 Å². The predicted molar refractivity (Wildman–Crippen MR) is 112 cm³/mol. The zero-order valence-electron chi connectivity index (χ0n) is 20.0. The van der Waals surface area contributed by atoms with Crippen molar-refractivity contribution in [2.75, 3.05) is 5.73 Å². The number of aromatic nitrogens is 4. The van der Waals surface area contributed by atoms with Gasteiger partial charge in [-0.25, -0.2) is 32.4 Å². The van der Waals surface area contributed by atoms with Crippen molar-refractivity contribution < 1.29 is 35.6 Å². The lowest BCUT2D eigenvalue weighted by Crippen LogP contribution is -2.43. The molecule has 2 aromatic heterocycles. The molecule has 1 aliphatic carbocycles. The number of sulfonamides is 1. The average Bonchev–Trinajstić information content (AvgIpc) is 3.20. The fraction of sp³-hybridized carbons (Fsp3) is 0.316. The lowest BCUT2D eigenvalue weighted by molar-refractivity contribution is -0.192. The van der Waals surface area contributed by atoms with E-state index >= 15 is 0 Å². The van der Waals surface area contributed by atoms with Crippen molar-refractivity contribution in [1.82, 2.24) is 24.3 Å². The van der Waals surface area contributed by atoms with E-state index in [1.165, 1.54) is 35.2 Å². The number of hydrogen-bond acceptors (Lipinski definition) is 8. The lowest BCUT2D eigenvalue weighted by atomic mass is 9.82. The second kappa shape index (κ2) is 9.23. The number of aliphatic carboxylic acids is 1. The number of fused-ring (bicyclic) bond motifs is 1. The molecule has 4 rings (SSSR count). The number of carboxylic acids is 1. The summed E-state index contributed by atoms with van der Waals surface area (Å²) in [6.45, 7) is -2.50. The zero-order valence-corrected chi connectivity index (χ0v) is 17.8. The first-order valence-corrected chi connectivity index (χ1v) is 10.8. The number of carbonyl (C=O) groups is 1. The van der Waals surface area contributed by atoms with Crippen LogP contribution in [0, 0.1) is 24.1 Å². The Hall–Kier alpha value is -3.77. The van der Waals surface area contributed by atoms with Crippen LogP contribution < -0.4 is 10.5 Å². The number of aryl methyl sites for hydroxylation is 1. The molecule has 3 aromatic rings. The number of rotatable bonds is 4. The second-order valence-corrected chi connectivity index (χ2v) is 8.86. The molecular weight excluding hydrogens is 479 g/mol. The van der Waals surface area contributed by atoms with Crippen molar-refractivity contribution in [3.63, 3.8) is 0 Å². The minimum absolute atomic E-state index is 0.0476. The number of imidazole rings is 1. The number of halogens is 3. The van der Waals surface area contributed by atoms with E-state index in [1.54, 1.807) is 0 Å². The average molecular weight is 500 g/mol. The van der Waals surface area contributed by atoms with Crippen molar-refractivity contribution in [2.24, 2.45) is 5.92 Å². The molecule has 1 fully saturated rings. The number of nitrogen functional groups attached to an aromatic ring is 1. The lowest BCUT2D eigenvalue weighted by Gasteiger charge is -2.30. The highest BCUT2D eigenvalue weighted by molar-refractivity contribution is 7.89. The van der Waals surface area contributed by atoms with Crippen molar-refractivity contribution >= 4 is 27.5 Å². The van der Waals surface area contributed by atoms with Crippen LogP contribution in [0.4, 0.5) is 19.0 Å². The number of hydrogen-bond donors (Lipinski definition) is 3. The number of alkyl halides is 3. The van der Waals surface area contributed by atoms with Crippen LogP contribution >= 0.6 is 0 Å². The largest absolute Gasteiger partial charge is 0.490 e. The predicted octanol–water partition coefficient (Wildman–Crippen LogP) is 1.90. The van der Waals surface area contributed by atoms with Crippen LogP contribution in [0.1, 0.15) is 22.5 Å². The number of benzene rings is 1. The normalized spacial score (nSPS) is 19.5. The zero-order chi connectivity index (χ0) is 27.8. The van der Waals surface area contributed by atoms with Crippen LogP contribution in [0.25, 0.3) is 16.9 Å². The van der Waals surface area contributed by atoms with Crippen molar-refractivity contribution in [1.29, 1.82) is 5.26 Å². The quantitative estimate of drug-likeness (QED) is 0.483. The first kappa shape index (κ1) is 20.8. The SMILES string of the molecule is O=C(O)C(F)(F)F.[2H]C([2H])([2H])c1ccc(S(=O)(=O)NC2CC(C#N)C2)cc1-c1cnc2c(N)ncnn12. The Morgan fingerprint density at radius 2 is 2.06 bits per heavy atom. The summed E-state index contributed by atoms with van der Waals surface area (Å²) in [5.41, 5.74) is 6.40. The van der Waals surface area contributed by atoms with E-state index in [2.05, 4.69) is 25.9 Å². The summed E-state index contributed by atoms with van der Waals surface area (Å²) < 4.78 is 84.8. The first-order chi connectivity index (χ1) is 17.0. The summed E-state index contributed by atoms with van der Waals surface area (Å²) in [6.07, 6.45) is -1.62. The molecule has 1 aliphatic rings. The molecule has 15 heteroatoms. The number of nitrogens with zero attached hydrogens (tertiary/aromatic N) is 5. The maximum absolute atomic E-state index is 12.8. The van der Waals surface area contributed by atoms with Crippen LogP contribution in [-0.2, 0) is 14.8 Å². The molecule has 180 valence electrons. The molecule has 0 saturated heterocycles. The van der Waals surface area contributed by atoms with Gasteiger partial charge in [-0.3, -0.25) is 0 Å². The van der Waals surface area contributed by atoms with E-state index in [4.69, 9.17) is 25.0 Å². The van der Waals surface area contributed by atoms with Gasteiger partial charge in [-0.1, -0.05) is 6.07 Å². The van der Waals surface area contributed by atoms with Gasteiger partial charge in [0.25, 0.3) is 0 Å². The third-order valence-corrected chi connectivity index (χ3v) is 6.31. The maximum atomic E-state index is 12.8. The summed E-state index contributed by atoms with van der Waals surface area (Å²) in [5.74, 6) is -2.81. The number of anilines is 1. The Morgan fingerprint density at radius 3 is 2.65 bits per heavy atom. The van der Waals surface area contributed by atoms with E-state index < -0.39 is 29.0 Å². The van der Waals surface area contributed by atoms with Gasteiger partial charge in [0.1, 0.15) is 6.33 Å². The third-order valence-electron chi connectivity index (χ3n) is 4.79. The van der Waals surface area contributed by atoms with Gasteiger partial charge in [0.2, 0.25) is 10.0 Å².